The first-order valence-corrected chi connectivity index (χ1v) is 5.66. The van der Waals surface area contributed by atoms with Gasteiger partial charge in [-0.15, -0.1) is 0 Å². The standard InChI is InChI=1S/C12H7ClF3N3O/c1-20-8-4-2-3-7(5-8)19-11(13)9(6-17)10(18-19)12(14,15)16/h2-5H,1H3. The van der Waals surface area contributed by atoms with Crippen LogP contribution >= 0.6 is 11.6 Å². The molecule has 4 nitrogen and oxygen atoms in total. The largest absolute Gasteiger partial charge is 0.497 e. The summed E-state index contributed by atoms with van der Waals surface area (Å²) in [5, 5.41) is 11.8. The van der Waals surface area contributed by atoms with Crippen molar-refractivity contribution in [2.24, 2.45) is 0 Å². The molecular formula is C12H7ClF3N3O. The summed E-state index contributed by atoms with van der Waals surface area (Å²) in [6.07, 6.45) is -4.75. The van der Waals surface area contributed by atoms with Crippen molar-refractivity contribution in [3.05, 3.63) is 40.7 Å². The minimum Gasteiger partial charge on any atom is -0.497 e. The van der Waals surface area contributed by atoms with Crippen molar-refractivity contribution in [1.29, 1.82) is 5.26 Å². The van der Waals surface area contributed by atoms with Crippen LogP contribution in [-0.2, 0) is 6.18 Å². The molecule has 2 rings (SSSR count). The highest BCUT2D eigenvalue weighted by molar-refractivity contribution is 6.31. The zero-order valence-electron chi connectivity index (χ0n) is 10.1. The summed E-state index contributed by atoms with van der Waals surface area (Å²) in [6, 6.07) is 7.58. The Bertz CT molecular complexity index is 688. The second kappa shape index (κ2) is 5.06. The van der Waals surface area contributed by atoms with E-state index in [-0.39, 0.29) is 5.69 Å². The molecular weight excluding hydrogens is 295 g/mol. The average Bonchev–Trinajstić information content (AvgIpc) is 2.75. The fourth-order valence-corrected chi connectivity index (χ4v) is 1.88. The molecule has 0 spiro atoms. The fourth-order valence-electron chi connectivity index (χ4n) is 1.61. The lowest BCUT2D eigenvalue weighted by atomic mass is 10.2. The summed E-state index contributed by atoms with van der Waals surface area (Å²) >= 11 is 5.80. The second-order valence-corrected chi connectivity index (χ2v) is 4.10. The van der Waals surface area contributed by atoms with Crippen LogP contribution in [0.2, 0.25) is 5.15 Å². The predicted molar refractivity (Wildman–Crippen MR) is 64.8 cm³/mol. The summed E-state index contributed by atoms with van der Waals surface area (Å²) in [4.78, 5) is 0. The average molecular weight is 302 g/mol. The third-order valence-corrected chi connectivity index (χ3v) is 2.86. The zero-order chi connectivity index (χ0) is 14.9. The van der Waals surface area contributed by atoms with Crippen LogP contribution in [0.15, 0.2) is 24.3 Å². The number of nitrogens with zero attached hydrogens (tertiary/aromatic N) is 3. The summed E-state index contributed by atoms with van der Waals surface area (Å²) in [5.41, 5.74) is -1.75. The Kier molecular flexibility index (Phi) is 3.59. The molecule has 104 valence electrons. The van der Waals surface area contributed by atoms with Crippen LogP contribution in [-0.4, -0.2) is 16.9 Å². The SMILES string of the molecule is COc1cccc(-n2nc(C(F)(F)F)c(C#N)c2Cl)c1. The van der Waals surface area contributed by atoms with E-state index in [4.69, 9.17) is 21.6 Å². The number of ether oxygens (including phenoxy) is 1. The Morgan fingerprint density at radius 3 is 2.60 bits per heavy atom. The van der Waals surface area contributed by atoms with Gasteiger partial charge in [-0.05, 0) is 12.1 Å². The van der Waals surface area contributed by atoms with Crippen LogP contribution in [0, 0.1) is 11.3 Å². The summed E-state index contributed by atoms with van der Waals surface area (Å²) in [7, 11) is 1.42. The lowest BCUT2D eigenvalue weighted by molar-refractivity contribution is -0.141. The first-order valence-electron chi connectivity index (χ1n) is 5.28. The van der Waals surface area contributed by atoms with E-state index in [1.807, 2.05) is 0 Å². The number of halogens is 4. The third kappa shape index (κ3) is 2.42. The molecule has 0 radical (unpaired) electrons. The van der Waals surface area contributed by atoms with Gasteiger partial charge in [-0.3, -0.25) is 0 Å². The van der Waals surface area contributed by atoms with E-state index in [0.717, 1.165) is 4.68 Å². The minimum atomic E-state index is -4.75. The van der Waals surface area contributed by atoms with Crippen LogP contribution in [0.4, 0.5) is 13.2 Å². The number of alkyl halides is 3. The number of rotatable bonds is 2. The van der Waals surface area contributed by atoms with E-state index in [1.165, 1.54) is 25.3 Å². The van der Waals surface area contributed by atoms with Crippen molar-refractivity contribution >= 4 is 11.6 Å². The van der Waals surface area contributed by atoms with Gasteiger partial charge in [0.05, 0.1) is 12.8 Å². The molecule has 0 aliphatic carbocycles. The fraction of sp³-hybridized carbons (Fsp3) is 0.167. The number of nitriles is 1. The Morgan fingerprint density at radius 1 is 1.40 bits per heavy atom. The van der Waals surface area contributed by atoms with Gasteiger partial charge in [0.15, 0.2) is 10.8 Å². The van der Waals surface area contributed by atoms with Gasteiger partial charge in [-0.2, -0.15) is 23.5 Å². The molecule has 8 heteroatoms. The Balaban J connectivity index is 2.64. The van der Waals surface area contributed by atoms with Crippen LogP contribution < -0.4 is 4.74 Å². The Hall–Kier alpha value is -2.20. The summed E-state index contributed by atoms with van der Waals surface area (Å²) in [6.45, 7) is 0. The van der Waals surface area contributed by atoms with Crippen molar-refractivity contribution in [3.63, 3.8) is 0 Å². The van der Waals surface area contributed by atoms with Crippen molar-refractivity contribution in [3.8, 4) is 17.5 Å². The molecule has 0 N–H and O–H groups in total. The third-order valence-electron chi connectivity index (χ3n) is 2.51. The van der Waals surface area contributed by atoms with E-state index >= 15 is 0 Å². The predicted octanol–water partition coefficient (Wildman–Crippen LogP) is 3.42. The molecule has 2 aromatic rings. The molecule has 0 aliphatic heterocycles. The van der Waals surface area contributed by atoms with Gasteiger partial charge in [0, 0.05) is 6.07 Å². The van der Waals surface area contributed by atoms with Gasteiger partial charge in [0.2, 0.25) is 0 Å². The quantitative estimate of drug-likeness (QED) is 0.854. The Labute approximate surface area is 116 Å². The van der Waals surface area contributed by atoms with Gasteiger partial charge >= 0.3 is 6.18 Å². The van der Waals surface area contributed by atoms with Crippen LogP contribution in [0.25, 0.3) is 5.69 Å². The van der Waals surface area contributed by atoms with Crippen LogP contribution in [0.5, 0.6) is 5.75 Å². The molecule has 0 saturated heterocycles. The Morgan fingerprint density at radius 2 is 2.10 bits per heavy atom. The molecule has 0 amide bonds. The van der Waals surface area contributed by atoms with E-state index in [2.05, 4.69) is 5.10 Å². The highest BCUT2D eigenvalue weighted by Gasteiger charge is 2.39. The van der Waals surface area contributed by atoms with Crippen LogP contribution in [0.3, 0.4) is 0 Å². The molecule has 1 heterocycles. The van der Waals surface area contributed by atoms with E-state index in [9.17, 15) is 13.2 Å². The molecule has 0 fully saturated rings. The van der Waals surface area contributed by atoms with Gasteiger partial charge in [0.1, 0.15) is 17.4 Å². The van der Waals surface area contributed by atoms with Crippen molar-refractivity contribution in [1.82, 2.24) is 9.78 Å². The number of benzene rings is 1. The van der Waals surface area contributed by atoms with Gasteiger partial charge < -0.3 is 4.74 Å². The maximum atomic E-state index is 12.8. The van der Waals surface area contributed by atoms with Crippen molar-refractivity contribution in [2.45, 2.75) is 6.18 Å². The highest BCUT2D eigenvalue weighted by atomic mass is 35.5. The molecule has 0 aliphatic rings. The number of methoxy groups -OCH3 is 1. The van der Waals surface area contributed by atoms with E-state index < -0.39 is 22.6 Å². The highest BCUT2D eigenvalue weighted by Crippen LogP contribution is 2.35. The summed E-state index contributed by atoms with van der Waals surface area (Å²) < 4.78 is 44.2. The van der Waals surface area contributed by atoms with Crippen LogP contribution in [0.1, 0.15) is 11.3 Å². The molecule has 0 bridgehead atoms. The number of hydrogen-bond acceptors (Lipinski definition) is 3. The first kappa shape index (κ1) is 14.2. The van der Waals surface area contributed by atoms with E-state index in [1.54, 1.807) is 12.1 Å². The molecule has 0 unspecified atom stereocenters. The monoisotopic (exact) mass is 301 g/mol. The molecule has 0 saturated carbocycles. The lowest BCUT2D eigenvalue weighted by Crippen LogP contribution is -2.08. The second-order valence-electron chi connectivity index (χ2n) is 3.74. The molecule has 0 atom stereocenters. The molecule has 1 aromatic carbocycles. The smallest absolute Gasteiger partial charge is 0.436 e. The first-order chi connectivity index (χ1) is 9.38. The topological polar surface area (TPSA) is 50.8 Å². The van der Waals surface area contributed by atoms with E-state index in [0.29, 0.717) is 5.75 Å². The van der Waals surface area contributed by atoms with Crippen molar-refractivity contribution in [2.75, 3.05) is 7.11 Å². The van der Waals surface area contributed by atoms with Gasteiger partial charge in [-0.1, -0.05) is 17.7 Å². The molecule has 1 aromatic heterocycles. The number of hydrogen-bond donors (Lipinski definition) is 0. The maximum absolute atomic E-state index is 12.8. The zero-order valence-corrected chi connectivity index (χ0v) is 10.8. The van der Waals surface area contributed by atoms with Crippen molar-refractivity contribution < 1.29 is 17.9 Å². The maximum Gasteiger partial charge on any atom is 0.436 e. The minimum absolute atomic E-state index is 0.265. The van der Waals surface area contributed by atoms with Gasteiger partial charge in [0.25, 0.3) is 0 Å². The lowest BCUT2D eigenvalue weighted by Gasteiger charge is -2.05. The summed E-state index contributed by atoms with van der Waals surface area (Å²) in [5.74, 6) is 0.432. The normalized spacial score (nSPS) is 11.2. The van der Waals surface area contributed by atoms with Gasteiger partial charge in [-0.25, -0.2) is 4.68 Å². The molecule has 20 heavy (non-hydrogen) atoms. The number of aromatic nitrogens is 2.